The van der Waals surface area contributed by atoms with Crippen LogP contribution in [-0.2, 0) is 0 Å². The van der Waals surface area contributed by atoms with Gasteiger partial charge in [0.15, 0.2) is 0 Å². The molecule has 1 unspecified atom stereocenters. The van der Waals surface area contributed by atoms with Crippen molar-refractivity contribution in [2.45, 2.75) is 13.0 Å². The van der Waals surface area contributed by atoms with E-state index in [4.69, 9.17) is 23.2 Å². The molecule has 0 saturated carbocycles. The van der Waals surface area contributed by atoms with Crippen LogP contribution in [0.2, 0.25) is 10.2 Å². The van der Waals surface area contributed by atoms with Gasteiger partial charge in [0.05, 0.1) is 11.9 Å². The lowest BCUT2D eigenvalue weighted by Crippen LogP contribution is -2.06. The van der Waals surface area contributed by atoms with E-state index < -0.39 is 0 Å². The van der Waals surface area contributed by atoms with E-state index in [-0.39, 0.29) is 6.04 Å². The number of aromatic nitrogens is 1. The zero-order chi connectivity index (χ0) is 12.3. The highest BCUT2D eigenvalue weighted by molar-refractivity contribution is 6.30. The molecule has 2 nitrogen and oxygen atoms in total. The van der Waals surface area contributed by atoms with Crippen molar-refractivity contribution in [2.75, 3.05) is 5.32 Å². The molecule has 4 heteroatoms. The third-order valence-corrected chi connectivity index (χ3v) is 2.96. The predicted octanol–water partition coefficient (Wildman–Crippen LogP) is 4.56. The molecule has 2 rings (SSSR count). The predicted molar refractivity (Wildman–Crippen MR) is 72.7 cm³/mol. The van der Waals surface area contributed by atoms with Gasteiger partial charge in [-0.25, -0.2) is 4.98 Å². The molecule has 1 atom stereocenters. The zero-order valence-corrected chi connectivity index (χ0v) is 10.8. The maximum Gasteiger partial charge on any atom is 0.129 e. The first kappa shape index (κ1) is 12.2. The second-order valence-corrected chi connectivity index (χ2v) is 4.61. The summed E-state index contributed by atoms with van der Waals surface area (Å²) in [5.41, 5.74) is 2.11. The van der Waals surface area contributed by atoms with E-state index in [0.717, 1.165) is 10.7 Å². The van der Waals surface area contributed by atoms with Gasteiger partial charge in [0.1, 0.15) is 5.15 Å². The number of halogens is 2. The molecule has 1 heterocycles. The standard InChI is InChI=1S/C13H12Cl2N2/c1-9(10-2-4-11(14)5-3-10)17-12-6-7-13(15)16-8-12/h2-9,17H,1H3. The fourth-order valence-electron chi connectivity index (χ4n) is 1.55. The van der Waals surface area contributed by atoms with E-state index in [1.807, 2.05) is 30.3 Å². The molecule has 0 fully saturated rings. The van der Waals surface area contributed by atoms with Crippen LogP contribution in [0.25, 0.3) is 0 Å². The molecule has 1 aromatic carbocycles. The maximum atomic E-state index is 5.85. The Morgan fingerprint density at radius 2 is 1.76 bits per heavy atom. The number of rotatable bonds is 3. The number of hydrogen-bond acceptors (Lipinski definition) is 2. The molecule has 0 aliphatic heterocycles. The Morgan fingerprint density at radius 1 is 1.06 bits per heavy atom. The van der Waals surface area contributed by atoms with Crippen molar-refractivity contribution in [2.24, 2.45) is 0 Å². The van der Waals surface area contributed by atoms with Gasteiger partial charge < -0.3 is 5.32 Å². The summed E-state index contributed by atoms with van der Waals surface area (Å²) in [6.07, 6.45) is 1.72. The smallest absolute Gasteiger partial charge is 0.129 e. The van der Waals surface area contributed by atoms with Crippen molar-refractivity contribution >= 4 is 28.9 Å². The van der Waals surface area contributed by atoms with Crippen LogP contribution in [0.5, 0.6) is 0 Å². The normalized spacial score (nSPS) is 12.2. The van der Waals surface area contributed by atoms with Crippen molar-refractivity contribution in [3.05, 3.63) is 58.3 Å². The molecular weight excluding hydrogens is 255 g/mol. The molecule has 0 aliphatic rings. The lowest BCUT2D eigenvalue weighted by molar-refractivity contribution is 0.883. The summed E-state index contributed by atoms with van der Waals surface area (Å²) in [7, 11) is 0. The fourth-order valence-corrected chi connectivity index (χ4v) is 1.78. The van der Waals surface area contributed by atoms with Gasteiger partial charge in [-0.05, 0) is 36.8 Å². The number of benzene rings is 1. The quantitative estimate of drug-likeness (QED) is 0.824. The van der Waals surface area contributed by atoms with Gasteiger partial charge in [0.25, 0.3) is 0 Å². The van der Waals surface area contributed by atoms with Crippen molar-refractivity contribution in [1.29, 1.82) is 0 Å². The van der Waals surface area contributed by atoms with Crippen LogP contribution >= 0.6 is 23.2 Å². The minimum Gasteiger partial charge on any atom is -0.377 e. The lowest BCUT2D eigenvalue weighted by Gasteiger charge is -2.15. The molecule has 88 valence electrons. The van der Waals surface area contributed by atoms with Gasteiger partial charge in [-0.1, -0.05) is 35.3 Å². The summed E-state index contributed by atoms with van der Waals surface area (Å²) in [5, 5.41) is 4.58. The second-order valence-electron chi connectivity index (χ2n) is 3.79. The average molecular weight is 267 g/mol. The fraction of sp³-hybridized carbons (Fsp3) is 0.154. The second kappa shape index (κ2) is 5.39. The van der Waals surface area contributed by atoms with Gasteiger partial charge in [-0.2, -0.15) is 0 Å². The van der Waals surface area contributed by atoms with Gasteiger partial charge in [-0.15, -0.1) is 0 Å². The molecule has 1 N–H and O–H groups in total. The minimum absolute atomic E-state index is 0.190. The van der Waals surface area contributed by atoms with E-state index >= 15 is 0 Å². The van der Waals surface area contributed by atoms with Crippen molar-refractivity contribution < 1.29 is 0 Å². The topological polar surface area (TPSA) is 24.9 Å². The van der Waals surface area contributed by atoms with Crippen LogP contribution in [-0.4, -0.2) is 4.98 Å². The number of nitrogens with zero attached hydrogens (tertiary/aromatic N) is 1. The Balaban J connectivity index is 2.08. The van der Waals surface area contributed by atoms with Gasteiger partial charge in [0, 0.05) is 11.1 Å². The Kier molecular flexibility index (Phi) is 3.87. The third kappa shape index (κ3) is 3.35. The van der Waals surface area contributed by atoms with E-state index in [1.54, 1.807) is 12.3 Å². The highest BCUT2D eigenvalue weighted by Crippen LogP contribution is 2.20. The minimum atomic E-state index is 0.190. The van der Waals surface area contributed by atoms with E-state index in [9.17, 15) is 0 Å². The number of hydrogen-bond donors (Lipinski definition) is 1. The van der Waals surface area contributed by atoms with Crippen LogP contribution in [0.15, 0.2) is 42.6 Å². The number of pyridine rings is 1. The maximum absolute atomic E-state index is 5.85. The highest BCUT2D eigenvalue weighted by atomic mass is 35.5. The molecule has 1 aromatic heterocycles. The van der Waals surface area contributed by atoms with Crippen LogP contribution < -0.4 is 5.32 Å². The average Bonchev–Trinajstić information content (AvgIpc) is 2.33. The summed E-state index contributed by atoms with van der Waals surface area (Å²) >= 11 is 11.6. The van der Waals surface area contributed by atoms with Gasteiger partial charge in [0.2, 0.25) is 0 Å². The summed E-state index contributed by atoms with van der Waals surface area (Å²) < 4.78 is 0. The van der Waals surface area contributed by atoms with Crippen molar-refractivity contribution in [1.82, 2.24) is 4.98 Å². The van der Waals surface area contributed by atoms with Crippen molar-refractivity contribution in [3.8, 4) is 0 Å². The first-order valence-corrected chi connectivity index (χ1v) is 6.04. The molecule has 0 amide bonds. The van der Waals surface area contributed by atoms with Crippen LogP contribution in [0.4, 0.5) is 5.69 Å². The Bertz CT molecular complexity index is 480. The summed E-state index contributed by atoms with van der Waals surface area (Å²) in [6, 6.07) is 11.6. The lowest BCUT2D eigenvalue weighted by atomic mass is 10.1. The third-order valence-electron chi connectivity index (χ3n) is 2.48. The molecule has 0 spiro atoms. The van der Waals surface area contributed by atoms with E-state index in [1.165, 1.54) is 5.56 Å². The van der Waals surface area contributed by atoms with Crippen molar-refractivity contribution in [3.63, 3.8) is 0 Å². The largest absolute Gasteiger partial charge is 0.377 e. The van der Waals surface area contributed by atoms with Gasteiger partial charge >= 0.3 is 0 Å². The molecule has 0 aliphatic carbocycles. The number of nitrogens with one attached hydrogen (secondary N) is 1. The molecule has 17 heavy (non-hydrogen) atoms. The van der Waals surface area contributed by atoms with Crippen LogP contribution in [0.3, 0.4) is 0 Å². The summed E-state index contributed by atoms with van der Waals surface area (Å²) in [4.78, 5) is 4.02. The number of anilines is 1. The van der Waals surface area contributed by atoms with E-state index in [2.05, 4.69) is 17.2 Å². The van der Waals surface area contributed by atoms with Crippen LogP contribution in [0, 0.1) is 0 Å². The zero-order valence-electron chi connectivity index (χ0n) is 9.32. The molecule has 2 aromatic rings. The summed E-state index contributed by atoms with van der Waals surface area (Å²) in [6.45, 7) is 2.08. The van der Waals surface area contributed by atoms with E-state index in [0.29, 0.717) is 5.15 Å². The Hall–Kier alpha value is -1.25. The monoisotopic (exact) mass is 266 g/mol. The van der Waals surface area contributed by atoms with Crippen LogP contribution in [0.1, 0.15) is 18.5 Å². The SMILES string of the molecule is CC(Nc1ccc(Cl)nc1)c1ccc(Cl)cc1. The molecule has 0 radical (unpaired) electrons. The Labute approximate surface area is 111 Å². The first-order valence-electron chi connectivity index (χ1n) is 5.29. The molecular formula is C13H12Cl2N2. The first-order chi connectivity index (χ1) is 8.15. The highest BCUT2D eigenvalue weighted by Gasteiger charge is 2.05. The Morgan fingerprint density at radius 3 is 2.35 bits per heavy atom. The molecule has 0 bridgehead atoms. The van der Waals surface area contributed by atoms with Gasteiger partial charge in [-0.3, -0.25) is 0 Å². The molecule has 0 saturated heterocycles. The summed E-state index contributed by atoms with van der Waals surface area (Å²) in [5.74, 6) is 0.